The quantitative estimate of drug-likeness (QED) is 0.851. The summed E-state index contributed by atoms with van der Waals surface area (Å²) in [6.45, 7) is 0. The molecule has 1 aliphatic rings. The lowest BCUT2D eigenvalue weighted by atomic mass is 10.3. The number of hydrogen-bond acceptors (Lipinski definition) is 2. The zero-order valence-electron chi connectivity index (χ0n) is 10.7. The van der Waals surface area contributed by atoms with E-state index < -0.39 is 33.2 Å². The maximum absolute atomic E-state index is 13.5. The highest BCUT2D eigenvalue weighted by Gasteiger charge is 2.27. The van der Waals surface area contributed by atoms with E-state index in [0.29, 0.717) is 18.1 Å². The van der Waals surface area contributed by atoms with Crippen LogP contribution < -0.4 is 4.72 Å². The number of hydrogen-bond donors (Lipinski definition) is 2. The number of benzene rings is 1. The SMILES string of the molecule is O=S(=O)(Nc1cc(F)c(F)cc1F)c1c[nH]c(C2CC2)c1. The van der Waals surface area contributed by atoms with Crippen LogP contribution in [0.2, 0.25) is 0 Å². The second-order valence-corrected chi connectivity index (χ2v) is 6.60. The van der Waals surface area contributed by atoms with E-state index in [1.807, 2.05) is 4.72 Å². The predicted octanol–water partition coefficient (Wildman–Crippen LogP) is 3.11. The number of sulfonamides is 1. The Kier molecular flexibility index (Phi) is 3.20. The van der Waals surface area contributed by atoms with E-state index in [1.165, 1.54) is 12.3 Å². The van der Waals surface area contributed by atoms with Gasteiger partial charge in [-0.2, -0.15) is 0 Å². The molecule has 0 aliphatic heterocycles. The molecule has 1 heterocycles. The Morgan fingerprint density at radius 1 is 1.05 bits per heavy atom. The second-order valence-electron chi connectivity index (χ2n) is 4.92. The van der Waals surface area contributed by atoms with Crippen molar-refractivity contribution in [3.63, 3.8) is 0 Å². The van der Waals surface area contributed by atoms with E-state index in [2.05, 4.69) is 4.98 Å². The van der Waals surface area contributed by atoms with E-state index in [-0.39, 0.29) is 4.90 Å². The third-order valence-corrected chi connectivity index (χ3v) is 4.61. The Labute approximate surface area is 119 Å². The van der Waals surface area contributed by atoms with Crippen LogP contribution in [0.1, 0.15) is 24.5 Å². The van der Waals surface area contributed by atoms with Crippen LogP contribution in [0, 0.1) is 17.5 Å². The molecule has 0 spiro atoms. The average Bonchev–Trinajstić information content (AvgIpc) is 3.12. The lowest BCUT2D eigenvalue weighted by molar-refractivity contribution is 0.496. The van der Waals surface area contributed by atoms with Crippen molar-refractivity contribution in [1.82, 2.24) is 4.98 Å². The van der Waals surface area contributed by atoms with Crippen molar-refractivity contribution < 1.29 is 21.6 Å². The van der Waals surface area contributed by atoms with Crippen LogP contribution in [0.4, 0.5) is 18.9 Å². The first kappa shape index (κ1) is 14.0. The van der Waals surface area contributed by atoms with Crippen molar-refractivity contribution in [3.8, 4) is 0 Å². The molecule has 0 radical (unpaired) electrons. The summed E-state index contributed by atoms with van der Waals surface area (Å²) >= 11 is 0. The van der Waals surface area contributed by atoms with Crippen molar-refractivity contribution in [2.75, 3.05) is 4.72 Å². The Morgan fingerprint density at radius 2 is 1.71 bits per heavy atom. The van der Waals surface area contributed by atoms with Gasteiger partial charge in [0.15, 0.2) is 11.6 Å². The third-order valence-electron chi connectivity index (χ3n) is 3.26. The first-order valence-electron chi connectivity index (χ1n) is 6.22. The molecule has 8 heteroatoms. The molecular formula is C13H11F3N2O2S. The summed E-state index contributed by atoms with van der Waals surface area (Å²) in [5, 5.41) is 0. The smallest absolute Gasteiger partial charge is 0.263 e. The number of nitrogens with one attached hydrogen (secondary N) is 2. The van der Waals surface area contributed by atoms with E-state index in [4.69, 9.17) is 0 Å². The van der Waals surface area contributed by atoms with Crippen LogP contribution in [0.25, 0.3) is 0 Å². The van der Waals surface area contributed by atoms with Crippen molar-refractivity contribution in [3.05, 3.63) is 47.5 Å². The molecular weight excluding hydrogens is 305 g/mol. The van der Waals surface area contributed by atoms with Crippen LogP contribution >= 0.6 is 0 Å². The minimum Gasteiger partial charge on any atom is -0.363 e. The van der Waals surface area contributed by atoms with Gasteiger partial charge in [-0.1, -0.05) is 0 Å². The zero-order chi connectivity index (χ0) is 15.2. The molecule has 1 aromatic carbocycles. The van der Waals surface area contributed by atoms with Crippen LogP contribution in [-0.4, -0.2) is 13.4 Å². The van der Waals surface area contributed by atoms with Crippen LogP contribution in [0.3, 0.4) is 0 Å². The Morgan fingerprint density at radius 3 is 2.38 bits per heavy atom. The summed E-state index contributed by atoms with van der Waals surface area (Å²) in [6, 6.07) is 2.22. The molecule has 0 amide bonds. The topological polar surface area (TPSA) is 62.0 Å². The van der Waals surface area contributed by atoms with Gasteiger partial charge in [-0.15, -0.1) is 0 Å². The van der Waals surface area contributed by atoms with Crippen molar-refractivity contribution >= 4 is 15.7 Å². The van der Waals surface area contributed by atoms with E-state index >= 15 is 0 Å². The molecule has 1 fully saturated rings. The lowest BCUT2D eigenvalue weighted by Crippen LogP contribution is -2.13. The number of aromatic amines is 1. The molecule has 0 atom stereocenters. The van der Waals surface area contributed by atoms with Gasteiger partial charge in [-0.05, 0) is 24.8 Å². The fraction of sp³-hybridized carbons (Fsp3) is 0.231. The van der Waals surface area contributed by atoms with Gasteiger partial charge in [0.1, 0.15) is 10.7 Å². The molecule has 1 saturated carbocycles. The fourth-order valence-electron chi connectivity index (χ4n) is 1.98. The van der Waals surface area contributed by atoms with Gasteiger partial charge in [0.2, 0.25) is 0 Å². The molecule has 3 rings (SSSR count). The minimum absolute atomic E-state index is 0.0754. The van der Waals surface area contributed by atoms with E-state index in [0.717, 1.165) is 18.5 Å². The standard InChI is InChI=1S/C13H11F3N2O2S/c14-9-4-11(16)13(5-10(9)15)18-21(19,20)8-3-12(17-6-8)7-1-2-7/h3-7,17-18H,1-2H2. The van der Waals surface area contributed by atoms with Crippen LogP contribution in [0.5, 0.6) is 0 Å². The van der Waals surface area contributed by atoms with Crippen molar-refractivity contribution in [2.45, 2.75) is 23.7 Å². The van der Waals surface area contributed by atoms with Gasteiger partial charge < -0.3 is 4.98 Å². The fourth-order valence-corrected chi connectivity index (χ4v) is 3.04. The molecule has 0 saturated heterocycles. The van der Waals surface area contributed by atoms with Gasteiger partial charge >= 0.3 is 0 Å². The number of anilines is 1. The number of rotatable bonds is 4. The van der Waals surface area contributed by atoms with Gasteiger partial charge in [0.25, 0.3) is 10.0 Å². The minimum atomic E-state index is -4.06. The highest BCUT2D eigenvalue weighted by atomic mass is 32.2. The highest BCUT2D eigenvalue weighted by molar-refractivity contribution is 7.92. The largest absolute Gasteiger partial charge is 0.363 e. The summed E-state index contributed by atoms with van der Waals surface area (Å²) in [7, 11) is -4.06. The summed E-state index contributed by atoms with van der Waals surface area (Å²) in [5.41, 5.74) is 0.157. The lowest BCUT2D eigenvalue weighted by Gasteiger charge is -2.08. The summed E-state index contributed by atoms with van der Waals surface area (Å²) < 4.78 is 65.5. The number of H-pyrrole nitrogens is 1. The van der Waals surface area contributed by atoms with E-state index in [1.54, 1.807) is 0 Å². The van der Waals surface area contributed by atoms with E-state index in [9.17, 15) is 21.6 Å². The third kappa shape index (κ3) is 2.76. The number of aromatic nitrogens is 1. The molecule has 112 valence electrons. The second kappa shape index (κ2) is 4.80. The van der Waals surface area contributed by atoms with Gasteiger partial charge in [-0.3, -0.25) is 4.72 Å². The van der Waals surface area contributed by atoms with Gasteiger partial charge in [-0.25, -0.2) is 21.6 Å². The first-order valence-corrected chi connectivity index (χ1v) is 7.71. The van der Waals surface area contributed by atoms with Crippen LogP contribution in [-0.2, 0) is 10.0 Å². The highest BCUT2D eigenvalue weighted by Crippen LogP contribution is 2.40. The van der Waals surface area contributed by atoms with Crippen molar-refractivity contribution in [2.24, 2.45) is 0 Å². The maximum Gasteiger partial charge on any atom is 0.263 e. The first-order chi connectivity index (χ1) is 9.87. The average molecular weight is 316 g/mol. The van der Waals surface area contributed by atoms with Crippen molar-refractivity contribution in [1.29, 1.82) is 0 Å². The Hall–Kier alpha value is -1.96. The summed E-state index contributed by atoms with van der Waals surface area (Å²) in [6.07, 6.45) is 3.27. The van der Waals surface area contributed by atoms with Gasteiger partial charge in [0, 0.05) is 24.0 Å². The van der Waals surface area contributed by atoms with Gasteiger partial charge in [0.05, 0.1) is 5.69 Å². The number of halogens is 3. The summed E-state index contributed by atoms with van der Waals surface area (Å²) in [4.78, 5) is 2.77. The monoisotopic (exact) mass is 316 g/mol. The molecule has 0 bridgehead atoms. The normalized spacial score (nSPS) is 15.2. The molecule has 21 heavy (non-hydrogen) atoms. The Balaban J connectivity index is 1.90. The molecule has 2 N–H and O–H groups in total. The molecule has 2 aromatic rings. The van der Waals surface area contributed by atoms with Crippen LogP contribution in [0.15, 0.2) is 29.3 Å². The maximum atomic E-state index is 13.5. The predicted molar refractivity (Wildman–Crippen MR) is 69.9 cm³/mol. The molecule has 0 unspecified atom stereocenters. The molecule has 4 nitrogen and oxygen atoms in total. The summed E-state index contributed by atoms with van der Waals surface area (Å²) in [5.74, 6) is -3.57. The zero-order valence-corrected chi connectivity index (χ0v) is 11.5. The molecule has 1 aliphatic carbocycles. The molecule has 1 aromatic heterocycles. The Bertz CT molecular complexity index is 798.